The topological polar surface area (TPSA) is 57.8 Å². The van der Waals surface area contributed by atoms with Crippen LogP contribution in [0.25, 0.3) is 22.2 Å². The van der Waals surface area contributed by atoms with Crippen molar-refractivity contribution < 1.29 is 18.0 Å². The highest BCUT2D eigenvalue weighted by atomic mass is 19.4. The summed E-state index contributed by atoms with van der Waals surface area (Å²) in [5.74, 6) is -0.238. The number of alkyl halides is 3. The number of carbonyl (C=O) groups excluding carboxylic acids is 1. The molecule has 0 radical (unpaired) electrons. The Morgan fingerprint density at radius 1 is 1.03 bits per heavy atom. The van der Waals surface area contributed by atoms with Gasteiger partial charge in [-0.2, -0.15) is 13.2 Å². The van der Waals surface area contributed by atoms with E-state index in [1.54, 1.807) is 24.3 Å². The summed E-state index contributed by atoms with van der Waals surface area (Å²) in [6, 6.07) is 16.2. The van der Waals surface area contributed by atoms with Crippen molar-refractivity contribution in [2.45, 2.75) is 12.6 Å². The Morgan fingerprint density at radius 2 is 1.80 bits per heavy atom. The number of hydrogen-bond acceptors (Lipinski definition) is 2. The van der Waals surface area contributed by atoms with Gasteiger partial charge in [0.25, 0.3) is 5.91 Å². The summed E-state index contributed by atoms with van der Waals surface area (Å²) >= 11 is 0. The first-order valence-corrected chi connectivity index (χ1v) is 9.39. The fourth-order valence-electron chi connectivity index (χ4n) is 3.31. The van der Waals surface area contributed by atoms with Crippen LogP contribution in [-0.2, 0) is 12.6 Å². The number of amides is 1. The molecule has 2 heterocycles. The van der Waals surface area contributed by atoms with E-state index in [1.165, 1.54) is 0 Å². The minimum atomic E-state index is -4.43. The Labute approximate surface area is 170 Å². The van der Waals surface area contributed by atoms with Crippen molar-refractivity contribution in [1.82, 2.24) is 15.3 Å². The highest BCUT2D eigenvalue weighted by molar-refractivity contribution is 5.94. The van der Waals surface area contributed by atoms with Crippen LogP contribution in [0.5, 0.6) is 0 Å². The van der Waals surface area contributed by atoms with Crippen molar-refractivity contribution >= 4 is 16.8 Å². The number of pyridine rings is 1. The summed E-state index contributed by atoms with van der Waals surface area (Å²) in [7, 11) is 0. The standard InChI is InChI=1S/C23H18F3N3O/c24-23(25,26)18-10-12-27-21(13-18)15-5-7-16(8-6-15)22(30)28-11-9-17-14-29-20-4-2-1-3-19(17)20/h1-8,10,12-14,29H,9,11H2,(H,28,30). The quantitative estimate of drug-likeness (QED) is 0.475. The van der Waals surface area contributed by atoms with E-state index in [0.717, 1.165) is 34.8 Å². The summed E-state index contributed by atoms with van der Waals surface area (Å²) in [5, 5.41) is 4.00. The molecule has 0 bridgehead atoms. The minimum Gasteiger partial charge on any atom is -0.361 e. The van der Waals surface area contributed by atoms with Crippen LogP contribution in [0.3, 0.4) is 0 Å². The highest BCUT2D eigenvalue weighted by Gasteiger charge is 2.30. The zero-order valence-corrected chi connectivity index (χ0v) is 15.8. The lowest BCUT2D eigenvalue weighted by Gasteiger charge is -2.09. The molecule has 0 atom stereocenters. The van der Waals surface area contributed by atoms with Gasteiger partial charge in [0.2, 0.25) is 0 Å². The smallest absolute Gasteiger partial charge is 0.361 e. The van der Waals surface area contributed by atoms with Crippen molar-refractivity contribution in [3.63, 3.8) is 0 Å². The Morgan fingerprint density at radius 3 is 2.57 bits per heavy atom. The molecular formula is C23H18F3N3O. The number of nitrogens with zero attached hydrogens (tertiary/aromatic N) is 1. The molecule has 4 rings (SSSR count). The Kier molecular flexibility index (Phi) is 5.27. The molecule has 0 aliphatic carbocycles. The van der Waals surface area contributed by atoms with Crippen molar-refractivity contribution in [3.8, 4) is 11.3 Å². The van der Waals surface area contributed by atoms with Crippen LogP contribution in [0, 0.1) is 0 Å². The Hall–Kier alpha value is -3.61. The molecule has 0 fully saturated rings. The van der Waals surface area contributed by atoms with Gasteiger partial charge in [-0.25, -0.2) is 0 Å². The molecule has 2 aromatic carbocycles. The van der Waals surface area contributed by atoms with Crippen LogP contribution in [0.15, 0.2) is 73.1 Å². The van der Waals surface area contributed by atoms with E-state index in [0.29, 0.717) is 24.1 Å². The molecule has 0 aliphatic rings. The number of para-hydroxylation sites is 1. The first-order valence-electron chi connectivity index (χ1n) is 9.39. The lowest BCUT2D eigenvalue weighted by Crippen LogP contribution is -2.25. The molecule has 4 aromatic rings. The Balaban J connectivity index is 1.40. The maximum absolute atomic E-state index is 12.9. The second kappa shape index (κ2) is 8.02. The normalized spacial score (nSPS) is 11.6. The number of aromatic nitrogens is 2. The SMILES string of the molecule is O=C(NCCc1c[nH]c2ccccc12)c1ccc(-c2cc(C(F)(F)F)ccn2)cc1. The van der Waals surface area contributed by atoms with Crippen LogP contribution in [0.4, 0.5) is 13.2 Å². The molecule has 2 N–H and O–H groups in total. The van der Waals surface area contributed by atoms with E-state index in [2.05, 4.69) is 15.3 Å². The molecule has 7 heteroatoms. The number of carbonyl (C=O) groups is 1. The number of aromatic amines is 1. The molecule has 0 spiro atoms. The van der Waals surface area contributed by atoms with E-state index in [-0.39, 0.29) is 11.6 Å². The van der Waals surface area contributed by atoms with Crippen LogP contribution in [0.1, 0.15) is 21.5 Å². The second-order valence-electron chi connectivity index (χ2n) is 6.87. The summed E-state index contributed by atoms with van der Waals surface area (Å²) in [4.78, 5) is 19.6. The van der Waals surface area contributed by atoms with Gasteiger partial charge in [-0.05, 0) is 42.3 Å². The molecule has 152 valence electrons. The minimum absolute atomic E-state index is 0.205. The van der Waals surface area contributed by atoms with Crippen molar-refractivity contribution in [2.75, 3.05) is 6.54 Å². The Bertz CT molecular complexity index is 1180. The molecule has 0 saturated carbocycles. The maximum Gasteiger partial charge on any atom is 0.416 e. The van der Waals surface area contributed by atoms with Crippen molar-refractivity contribution in [3.05, 3.63) is 89.7 Å². The molecule has 30 heavy (non-hydrogen) atoms. The third kappa shape index (κ3) is 4.20. The number of rotatable bonds is 5. The van der Waals surface area contributed by atoms with Crippen LogP contribution >= 0.6 is 0 Å². The molecule has 4 nitrogen and oxygen atoms in total. The molecule has 0 unspecified atom stereocenters. The largest absolute Gasteiger partial charge is 0.416 e. The van der Waals surface area contributed by atoms with Gasteiger partial charge in [0.15, 0.2) is 0 Å². The summed E-state index contributed by atoms with van der Waals surface area (Å²) < 4.78 is 38.6. The predicted molar refractivity (Wildman–Crippen MR) is 109 cm³/mol. The molecule has 0 aliphatic heterocycles. The zero-order chi connectivity index (χ0) is 21.1. The summed E-state index contributed by atoms with van der Waals surface area (Å²) in [6.07, 6.45) is -0.679. The van der Waals surface area contributed by atoms with Gasteiger partial charge in [-0.1, -0.05) is 30.3 Å². The van der Waals surface area contributed by atoms with Gasteiger partial charge >= 0.3 is 6.18 Å². The van der Waals surface area contributed by atoms with Crippen LogP contribution < -0.4 is 5.32 Å². The van der Waals surface area contributed by atoms with E-state index < -0.39 is 11.7 Å². The van der Waals surface area contributed by atoms with Gasteiger partial charge in [0.1, 0.15) is 0 Å². The molecule has 2 aromatic heterocycles. The van der Waals surface area contributed by atoms with Gasteiger partial charge in [-0.3, -0.25) is 9.78 Å². The highest BCUT2D eigenvalue weighted by Crippen LogP contribution is 2.31. The van der Waals surface area contributed by atoms with Gasteiger partial charge in [-0.15, -0.1) is 0 Å². The zero-order valence-electron chi connectivity index (χ0n) is 15.8. The van der Waals surface area contributed by atoms with E-state index >= 15 is 0 Å². The molecule has 1 amide bonds. The summed E-state index contributed by atoms with van der Waals surface area (Å²) in [6.45, 7) is 0.470. The number of fused-ring (bicyclic) bond motifs is 1. The number of nitrogens with one attached hydrogen (secondary N) is 2. The monoisotopic (exact) mass is 409 g/mol. The third-order valence-electron chi connectivity index (χ3n) is 4.88. The van der Waals surface area contributed by atoms with Crippen LogP contribution in [-0.4, -0.2) is 22.4 Å². The van der Waals surface area contributed by atoms with Gasteiger partial charge in [0.05, 0.1) is 11.3 Å². The van der Waals surface area contributed by atoms with Crippen molar-refractivity contribution in [1.29, 1.82) is 0 Å². The van der Waals surface area contributed by atoms with Crippen LogP contribution in [0.2, 0.25) is 0 Å². The molecular weight excluding hydrogens is 391 g/mol. The van der Waals surface area contributed by atoms with Crippen molar-refractivity contribution in [2.24, 2.45) is 0 Å². The average molecular weight is 409 g/mol. The first-order chi connectivity index (χ1) is 14.4. The molecule has 0 saturated heterocycles. The van der Waals surface area contributed by atoms with E-state index in [4.69, 9.17) is 0 Å². The second-order valence-corrected chi connectivity index (χ2v) is 6.87. The third-order valence-corrected chi connectivity index (χ3v) is 4.88. The van der Waals surface area contributed by atoms with E-state index in [9.17, 15) is 18.0 Å². The van der Waals surface area contributed by atoms with Gasteiger partial charge in [0, 0.05) is 41.0 Å². The number of benzene rings is 2. The summed E-state index contributed by atoms with van der Waals surface area (Å²) in [5.41, 5.74) is 2.57. The number of halogens is 3. The fourth-order valence-corrected chi connectivity index (χ4v) is 3.31. The lowest BCUT2D eigenvalue weighted by molar-refractivity contribution is -0.137. The fraction of sp³-hybridized carbons (Fsp3) is 0.130. The van der Waals surface area contributed by atoms with Gasteiger partial charge < -0.3 is 10.3 Å². The number of hydrogen-bond donors (Lipinski definition) is 2. The average Bonchev–Trinajstić information content (AvgIpc) is 3.16. The maximum atomic E-state index is 12.9. The predicted octanol–water partition coefficient (Wildman–Crippen LogP) is 5.22. The lowest BCUT2D eigenvalue weighted by atomic mass is 10.1. The van der Waals surface area contributed by atoms with E-state index in [1.807, 2.05) is 30.5 Å². The number of H-pyrrole nitrogens is 1. The first kappa shape index (κ1) is 19.7.